The van der Waals surface area contributed by atoms with Gasteiger partial charge in [-0.25, -0.2) is 8.42 Å². The molecular weight excluding hydrogens is 260 g/mol. The molecule has 0 heterocycles. The van der Waals surface area contributed by atoms with E-state index in [1.807, 2.05) is 38.1 Å². The van der Waals surface area contributed by atoms with Crippen molar-refractivity contribution in [2.75, 3.05) is 12.9 Å². The van der Waals surface area contributed by atoms with Gasteiger partial charge in [0.25, 0.3) is 0 Å². The summed E-state index contributed by atoms with van der Waals surface area (Å²) in [6, 6.07) is 7.58. The summed E-state index contributed by atoms with van der Waals surface area (Å²) in [5.41, 5.74) is 0.565. The van der Waals surface area contributed by atoms with Crippen LogP contribution in [0.4, 0.5) is 0 Å². The molecule has 0 spiro atoms. The molecule has 1 aromatic rings. The second-order valence-corrected chi connectivity index (χ2v) is 7.61. The molecule has 17 heavy (non-hydrogen) atoms. The Kier molecular flexibility index (Phi) is 4.44. The van der Waals surface area contributed by atoms with Crippen molar-refractivity contribution in [3.8, 4) is 5.75 Å². The molecule has 0 unspecified atom stereocenters. The van der Waals surface area contributed by atoms with Crippen LogP contribution < -0.4 is 4.74 Å². The summed E-state index contributed by atoms with van der Waals surface area (Å²) in [4.78, 5) is 0. The third-order valence-electron chi connectivity index (χ3n) is 2.42. The Labute approximate surface area is 107 Å². The summed E-state index contributed by atoms with van der Waals surface area (Å²) < 4.78 is 27.5. The number of halogens is 1. The zero-order valence-corrected chi connectivity index (χ0v) is 11.8. The molecule has 96 valence electrons. The van der Waals surface area contributed by atoms with Gasteiger partial charge in [0, 0.05) is 10.7 Å². The lowest BCUT2D eigenvalue weighted by Crippen LogP contribution is -2.24. The van der Waals surface area contributed by atoms with Gasteiger partial charge < -0.3 is 4.74 Å². The molecule has 0 N–H and O–H groups in total. The summed E-state index contributed by atoms with van der Waals surface area (Å²) in [6.45, 7) is 3.75. The first-order chi connectivity index (χ1) is 7.73. The highest BCUT2D eigenvalue weighted by Crippen LogP contribution is 2.29. The minimum atomic E-state index is -3.49. The minimum absolute atomic E-state index is 0.0559. The molecule has 0 aromatic heterocycles. The maximum absolute atomic E-state index is 11.1. The molecule has 5 heteroatoms. The summed E-state index contributed by atoms with van der Waals surface area (Å²) in [5, 5.41) is 0. The molecule has 0 saturated carbocycles. The number of hydrogen-bond acceptors (Lipinski definition) is 3. The minimum Gasteiger partial charge on any atom is -0.496 e. The third-order valence-corrected chi connectivity index (χ3v) is 3.88. The standard InChI is InChI=1S/C12H17ClO3S/c1-12(2,9-17(13,14)15)8-10-6-4-5-7-11(10)16-3/h4-7H,8-9H2,1-3H3. The number of ether oxygens (including phenoxy) is 1. The Morgan fingerprint density at radius 1 is 1.29 bits per heavy atom. The highest BCUT2D eigenvalue weighted by molar-refractivity contribution is 8.13. The van der Waals surface area contributed by atoms with E-state index in [0.29, 0.717) is 6.42 Å². The number of hydrogen-bond donors (Lipinski definition) is 0. The van der Waals surface area contributed by atoms with Crippen LogP contribution in [-0.4, -0.2) is 21.3 Å². The van der Waals surface area contributed by atoms with E-state index in [1.165, 1.54) is 0 Å². The average Bonchev–Trinajstić information content (AvgIpc) is 2.14. The Morgan fingerprint density at radius 3 is 2.41 bits per heavy atom. The largest absolute Gasteiger partial charge is 0.496 e. The molecule has 0 radical (unpaired) electrons. The van der Waals surface area contributed by atoms with Crippen molar-refractivity contribution in [2.45, 2.75) is 20.3 Å². The lowest BCUT2D eigenvalue weighted by molar-refractivity contribution is 0.380. The SMILES string of the molecule is COc1ccccc1CC(C)(C)CS(=O)(=O)Cl. The van der Waals surface area contributed by atoms with E-state index in [-0.39, 0.29) is 5.75 Å². The first-order valence-electron chi connectivity index (χ1n) is 5.28. The number of benzene rings is 1. The Balaban J connectivity index is 2.90. The smallest absolute Gasteiger partial charge is 0.233 e. The molecule has 0 amide bonds. The van der Waals surface area contributed by atoms with Crippen molar-refractivity contribution in [1.82, 2.24) is 0 Å². The summed E-state index contributed by atoms with van der Waals surface area (Å²) in [7, 11) is 3.41. The van der Waals surface area contributed by atoms with Crippen molar-refractivity contribution in [1.29, 1.82) is 0 Å². The Bertz CT molecular complexity index is 480. The first kappa shape index (κ1) is 14.3. The second kappa shape index (κ2) is 5.27. The van der Waals surface area contributed by atoms with Crippen molar-refractivity contribution >= 4 is 19.7 Å². The Morgan fingerprint density at radius 2 is 1.88 bits per heavy atom. The van der Waals surface area contributed by atoms with E-state index < -0.39 is 14.5 Å². The predicted octanol–water partition coefficient (Wildman–Crippen LogP) is 2.83. The molecule has 3 nitrogen and oxygen atoms in total. The molecule has 0 fully saturated rings. The predicted molar refractivity (Wildman–Crippen MR) is 70.1 cm³/mol. The first-order valence-corrected chi connectivity index (χ1v) is 7.76. The van der Waals surface area contributed by atoms with Gasteiger partial charge in [-0.05, 0) is 23.5 Å². The topological polar surface area (TPSA) is 43.4 Å². The molecule has 1 rings (SSSR count). The van der Waals surface area contributed by atoms with Gasteiger partial charge in [0.2, 0.25) is 9.05 Å². The van der Waals surface area contributed by atoms with Gasteiger partial charge in [-0.2, -0.15) is 0 Å². The van der Waals surface area contributed by atoms with Gasteiger partial charge >= 0.3 is 0 Å². The van der Waals surface area contributed by atoms with Gasteiger partial charge in [-0.15, -0.1) is 0 Å². The molecule has 0 aliphatic rings. The van der Waals surface area contributed by atoms with Crippen LogP contribution in [0.1, 0.15) is 19.4 Å². The monoisotopic (exact) mass is 276 g/mol. The normalized spacial score (nSPS) is 12.5. The van der Waals surface area contributed by atoms with E-state index in [4.69, 9.17) is 15.4 Å². The summed E-state index contributed by atoms with van der Waals surface area (Å²) in [5.74, 6) is 0.715. The molecule has 0 saturated heterocycles. The quantitative estimate of drug-likeness (QED) is 0.777. The van der Waals surface area contributed by atoms with E-state index in [2.05, 4.69) is 0 Å². The van der Waals surface area contributed by atoms with Crippen molar-refractivity contribution < 1.29 is 13.2 Å². The number of para-hydroxylation sites is 1. The van der Waals surface area contributed by atoms with Crippen LogP contribution in [0.2, 0.25) is 0 Å². The number of methoxy groups -OCH3 is 1. The second-order valence-electron chi connectivity index (χ2n) is 4.84. The van der Waals surface area contributed by atoms with Gasteiger partial charge in [0.15, 0.2) is 0 Å². The van der Waals surface area contributed by atoms with Crippen molar-refractivity contribution in [2.24, 2.45) is 5.41 Å². The highest BCUT2D eigenvalue weighted by atomic mass is 35.7. The van der Waals surface area contributed by atoms with Crippen LogP contribution in [0.25, 0.3) is 0 Å². The van der Waals surface area contributed by atoms with Crippen LogP contribution >= 0.6 is 10.7 Å². The lowest BCUT2D eigenvalue weighted by atomic mass is 9.87. The lowest BCUT2D eigenvalue weighted by Gasteiger charge is -2.23. The zero-order chi connectivity index (χ0) is 13.1. The van der Waals surface area contributed by atoms with Gasteiger partial charge in [0.1, 0.15) is 5.75 Å². The van der Waals surface area contributed by atoms with Crippen molar-refractivity contribution in [3.05, 3.63) is 29.8 Å². The fraction of sp³-hybridized carbons (Fsp3) is 0.500. The van der Waals surface area contributed by atoms with E-state index in [0.717, 1.165) is 11.3 Å². The summed E-state index contributed by atoms with van der Waals surface area (Å²) in [6.07, 6.45) is 0.600. The molecular formula is C12H17ClO3S. The number of rotatable bonds is 5. The molecule has 0 aliphatic carbocycles. The van der Waals surface area contributed by atoms with Crippen molar-refractivity contribution in [3.63, 3.8) is 0 Å². The van der Waals surface area contributed by atoms with Crippen LogP contribution in [0.15, 0.2) is 24.3 Å². The molecule has 0 aliphatic heterocycles. The maximum Gasteiger partial charge on any atom is 0.233 e. The van der Waals surface area contributed by atoms with Crippen LogP contribution in [-0.2, 0) is 15.5 Å². The van der Waals surface area contributed by atoms with E-state index in [9.17, 15) is 8.42 Å². The molecule has 0 atom stereocenters. The van der Waals surface area contributed by atoms with Gasteiger partial charge in [-0.3, -0.25) is 0 Å². The zero-order valence-electron chi connectivity index (χ0n) is 10.2. The van der Waals surface area contributed by atoms with Gasteiger partial charge in [-0.1, -0.05) is 32.0 Å². The third kappa shape index (κ3) is 4.96. The van der Waals surface area contributed by atoms with E-state index >= 15 is 0 Å². The fourth-order valence-corrected chi connectivity index (χ4v) is 3.80. The van der Waals surface area contributed by atoms with Gasteiger partial charge in [0.05, 0.1) is 12.9 Å². The Hall–Kier alpha value is -0.740. The van der Waals surface area contributed by atoms with Crippen LogP contribution in [0.3, 0.4) is 0 Å². The molecule has 1 aromatic carbocycles. The molecule has 0 bridgehead atoms. The summed E-state index contributed by atoms with van der Waals surface area (Å²) >= 11 is 0. The van der Waals surface area contributed by atoms with Crippen LogP contribution in [0.5, 0.6) is 5.75 Å². The highest BCUT2D eigenvalue weighted by Gasteiger charge is 2.26. The fourth-order valence-electron chi connectivity index (χ4n) is 1.88. The van der Waals surface area contributed by atoms with Crippen LogP contribution in [0, 0.1) is 5.41 Å². The maximum atomic E-state index is 11.1. The average molecular weight is 277 g/mol. The van der Waals surface area contributed by atoms with E-state index in [1.54, 1.807) is 7.11 Å².